The maximum atomic E-state index is 10.6. The molecule has 0 bridgehead atoms. The van der Waals surface area contributed by atoms with E-state index in [0.717, 1.165) is 37.1 Å². The molecule has 19 heavy (non-hydrogen) atoms. The topological polar surface area (TPSA) is 32.3 Å². The lowest BCUT2D eigenvalue weighted by Gasteiger charge is -2.38. The van der Waals surface area contributed by atoms with Crippen LogP contribution in [0, 0.1) is 17.8 Å². The molecule has 2 N–H and O–H groups in total. The molecule has 112 valence electrons. The molecule has 2 fully saturated rings. The third-order valence-electron chi connectivity index (χ3n) is 5.58. The monoisotopic (exact) mass is 267 g/mol. The van der Waals surface area contributed by atoms with E-state index in [4.69, 9.17) is 0 Å². The molecule has 0 aromatic carbocycles. The lowest BCUT2D eigenvalue weighted by Crippen LogP contribution is -2.47. The zero-order valence-electron chi connectivity index (χ0n) is 13.1. The highest BCUT2D eigenvalue weighted by atomic mass is 16.3. The molecule has 2 atom stereocenters. The Morgan fingerprint density at radius 2 is 1.84 bits per heavy atom. The highest BCUT2D eigenvalue weighted by molar-refractivity contribution is 4.89. The van der Waals surface area contributed by atoms with Gasteiger partial charge in [-0.1, -0.05) is 33.6 Å². The predicted octanol–water partition coefficient (Wildman–Crippen LogP) is 3.73. The summed E-state index contributed by atoms with van der Waals surface area (Å²) in [4.78, 5) is 0. The van der Waals surface area contributed by atoms with E-state index in [-0.39, 0.29) is 0 Å². The van der Waals surface area contributed by atoms with Crippen LogP contribution >= 0.6 is 0 Å². The van der Waals surface area contributed by atoms with E-state index in [2.05, 4.69) is 26.1 Å². The van der Waals surface area contributed by atoms with Crippen LogP contribution in [-0.4, -0.2) is 23.3 Å². The van der Waals surface area contributed by atoms with Crippen molar-refractivity contribution in [3.8, 4) is 0 Å². The van der Waals surface area contributed by atoms with Gasteiger partial charge in [0.1, 0.15) is 0 Å². The molecule has 0 spiro atoms. The maximum absolute atomic E-state index is 10.6. The zero-order chi connectivity index (χ0) is 13.9. The summed E-state index contributed by atoms with van der Waals surface area (Å²) in [6.07, 6.45) is 9.73. The molecule has 0 aromatic rings. The third kappa shape index (κ3) is 4.46. The molecule has 2 unspecified atom stereocenters. The van der Waals surface area contributed by atoms with Gasteiger partial charge in [0.25, 0.3) is 0 Å². The molecular formula is C17H33NO. The minimum absolute atomic E-state index is 0.419. The van der Waals surface area contributed by atoms with Crippen LogP contribution in [0.4, 0.5) is 0 Å². The molecule has 0 aliphatic heterocycles. The molecule has 2 saturated carbocycles. The Bertz CT molecular complexity index is 268. The number of aliphatic hydroxyl groups is 1. The standard InChI is InChI=1S/C17H33NO/c1-13(2)15-5-4-6-16(11-15)18-12-17(19)9-7-14(3)8-10-17/h13-16,18-19H,4-12H2,1-3H3. The van der Waals surface area contributed by atoms with Gasteiger partial charge in [-0.2, -0.15) is 0 Å². The van der Waals surface area contributed by atoms with Crippen molar-refractivity contribution in [2.45, 2.75) is 83.8 Å². The lowest BCUT2D eigenvalue weighted by atomic mass is 9.77. The number of hydrogen-bond acceptors (Lipinski definition) is 2. The van der Waals surface area contributed by atoms with E-state index < -0.39 is 5.60 Å². The molecule has 0 radical (unpaired) electrons. The quantitative estimate of drug-likeness (QED) is 0.813. The van der Waals surface area contributed by atoms with Gasteiger partial charge in [-0.3, -0.25) is 0 Å². The number of rotatable bonds is 4. The van der Waals surface area contributed by atoms with Crippen LogP contribution in [0.2, 0.25) is 0 Å². The van der Waals surface area contributed by atoms with Crippen LogP contribution in [0.5, 0.6) is 0 Å². The highest BCUT2D eigenvalue weighted by Gasteiger charge is 2.33. The van der Waals surface area contributed by atoms with Crippen molar-refractivity contribution in [3.63, 3.8) is 0 Å². The molecule has 0 amide bonds. The molecule has 2 heteroatoms. The fraction of sp³-hybridized carbons (Fsp3) is 1.00. The van der Waals surface area contributed by atoms with Gasteiger partial charge in [-0.15, -0.1) is 0 Å². The molecule has 0 saturated heterocycles. The smallest absolute Gasteiger partial charge is 0.0771 e. The van der Waals surface area contributed by atoms with Gasteiger partial charge >= 0.3 is 0 Å². The van der Waals surface area contributed by atoms with Gasteiger partial charge in [0.15, 0.2) is 0 Å². The van der Waals surface area contributed by atoms with Crippen LogP contribution in [0.25, 0.3) is 0 Å². The average Bonchev–Trinajstić information content (AvgIpc) is 2.41. The van der Waals surface area contributed by atoms with Crippen molar-refractivity contribution in [2.75, 3.05) is 6.54 Å². The molecule has 0 aromatic heterocycles. The van der Waals surface area contributed by atoms with E-state index in [1.165, 1.54) is 38.5 Å². The van der Waals surface area contributed by atoms with Gasteiger partial charge in [0, 0.05) is 12.6 Å². The first-order valence-corrected chi connectivity index (χ1v) is 8.44. The average molecular weight is 267 g/mol. The summed E-state index contributed by atoms with van der Waals surface area (Å²) >= 11 is 0. The van der Waals surface area contributed by atoms with E-state index >= 15 is 0 Å². The first-order valence-electron chi connectivity index (χ1n) is 8.44. The van der Waals surface area contributed by atoms with Gasteiger partial charge in [0.2, 0.25) is 0 Å². The molecule has 2 nitrogen and oxygen atoms in total. The Balaban J connectivity index is 1.75. The summed E-state index contributed by atoms with van der Waals surface area (Å²) in [5.74, 6) is 2.50. The maximum Gasteiger partial charge on any atom is 0.0771 e. The van der Waals surface area contributed by atoms with E-state index in [1.54, 1.807) is 0 Å². The second-order valence-electron chi connectivity index (χ2n) is 7.66. The van der Waals surface area contributed by atoms with Crippen molar-refractivity contribution in [2.24, 2.45) is 17.8 Å². The van der Waals surface area contributed by atoms with Crippen LogP contribution in [0.1, 0.15) is 72.1 Å². The van der Waals surface area contributed by atoms with E-state index in [9.17, 15) is 5.11 Å². The molecule has 0 heterocycles. The summed E-state index contributed by atoms with van der Waals surface area (Å²) in [6, 6.07) is 0.643. The highest BCUT2D eigenvalue weighted by Crippen LogP contribution is 2.33. The van der Waals surface area contributed by atoms with Crippen molar-refractivity contribution in [3.05, 3.63) is 0 Å². The fourth-order valence-corrected chi connectivity index (χ4v) is 3.83. The molecule has 2 rings (SSSR count). The van der Waals surface area contributed by atoms with Crippen molar-refractivity contribution in [1.29, 1.82) is 0 Å². The van der Waals surface area contributed by atoms with Crippen LogP contribution in [-0.2, 0) is 0 Å². The van der Waals surface area contributed by atoms with Crippen molar-refractivity contribution >= 4 is 0 Å². The Kier molecular flexibility index (Phi) is 5.30. The van der Waals surface area contributed by atoms with Crippen LogP contribution in [0.15, 0.2) is 0 Å². The van der Waals surface area contributed by atoms with E-state index in [1.807, 2.05) is 0 Å². The van der Waals surface area contributed by atoms with Crippen LogP contribution < -0.4 is 5.32 Å². The van der Waals surface area contributed by atoms with Crippen molar-refractivity contribution < 1.29 is 5.11 Å². The second-order valence-corrected chi connectivity index (χ2v) is 7.66. The summed E-state index contributed by atoms with van der Waals surface area (Å²) in [6.45, 7) is 7.82. The summed E-state index contributed by atoms with van der Waals surface area (Å²) in [5, 5.41) is 14.3. The summed E-state index contributed by atoms with van der Waals surface area (Å²) in [7, 11) is 0. The Labute approximate surface area is 119 Å². The predicted molar refractivity (Wildman–Crippen MR) is 81.2 cm³/mol. The SMILES string of the molecule is CC1CCC(O)(CNC2CCCC(C(C)C)C2)CC1. The van der Waals surface area contributed by atoms with Gasteiger partial charge in [0.05, 0.1) is 5.60 Å². The largest absolute Gasteiger partial charge is 0.389 e. The number of nitrogens with one attached hydrogen (secondary N) is 1. The zero-order valence-corrected chi connectivity index (χ0v) is 13.1. The third-order valence-corrected chi connectivity index (χ3v) is 5.58. The Morgan fingerprint density at radius 3 is 2.47 bits per heavy atom. The fourth-order valence-electron chi connectivity index (χ4n) is 3.83. The molecular weight excluding hydrogens is 234 g/mol. The normalized spacial score (nSPS) is 40.6. The Hall–Kier alpha value is -0.0800. The molecule has 2 aliphatic rings. The van der Waals surface area contributed by atoms with Crippen molar-refractivity contribution in [1.82, 2.24) is 5.32 Å². The first-order chi connectivity index (χ1) is 8.98. The van der Waals surface area contributed by atoms with Gasteiger partial charge in [-0.05, 0) is 56.3 Å². The minimum atomic E-state index is -0.419. The summed E-state index contributed by atoms with van der Waals surface area (Å²) in [5.41, 5.74) is -0.419. The molecule has 2 aliphatic carbocycles. The van der Waals surface area contributed by atoms with Gasteiger partial charge < -0.3 is 10.4 Å². The Morgan fingerprint density at radius 1 is 1.16 bits per heavy atom. The first kappa shape index (κ1) is 15.3. The minimum Gasteiger partial charge on any atom is -0.389 e. The van der Waals surface area contributed by atoms with Crippen LogP contribution in [0.3, 0.4) is 0 Å². The van der Waals surface area contributed by atoms with E-state index in [0.29, 0.717) is 6.04 Å². The lowest BCUT2D eigenvalue weighted by molar-refractivity contribution is -0.00989. The number of hydrogen-bond donors (Lipinski definition) is 2. The second kappa shape index (κ2) is 6.58. The summed E-state index contributed by atoms with van der Waals surface area (Å²) < 4.78 is 0. The van der Waals surface area contributed by atoms with Gasteiger partial charge in [-0.25, -0.2) is 0 Å².